The van der Waals surface area contributed by atoms with E-state index in [9.17, 15) is 0 Å². The van der Waals surface area contributed by atoms with Crippen LogP contribution in [0.1, 0.15) is 0 Å². The van der Waals surface area contributed by atoms with Crippen LogP contribution in [-0.4, -0.2) is 10.4 Å². The molecule has 2 rings (SSSR count). The Hall–Kier alpha value is -2.04. The minimum Gasteiger partial charge on any atom is -0.397 e. The van der Waals surface area contributed by atoms with Crippen LogP contribution in [-0.2, 0) is 0 Å². The molecule has 0 fully saturated rings. The summed E-state index contributed by atoms with van der Waals surface area (Å²) >= 11 is 0. The number of rotatable bonds is 0. The van der Waals surface area contributed by atoms with Gasteiger partial charge in [0.1, 0.15) is 6.26 Å². The van der Waals surface area contributed by atoms with Gasteiger partial charge >= 0.3 is 0 Å². The Labute approximate surface area is 75.3 Å². The molecular weight excluding hydrogens is 168 g/mol. The molecule has 0 aliphatic heterocycles. The molecule has 5 nitrogen and oxygen atoms in total. The smallest absolute Gasteiger partial charge is 0.144 e. The molecule has 4 N–H and O–H groups in total. The minimum absolute atomic E-state index is 0.646. The second kappa shape index (κ2) is 4.76. The molecule has 0 atom stereocenters. The molecule has 0 amide bonds. The number of anilines is 2. The molecule has 13 heavy (non-hydrogen) atoms. The van der Waals surface area contributed by atoms with Crippen molar-refractivity contribution >= 4 is 11.4 Å². The van der Waals surface area contributed by atoms with E-state index in [2.05, 4.69) is 14.9 Å². The Kier molecular flexibility index (Phi) is 3.31. The van der Waals surface area contributed by atoms with Gasteiger partial charge in [-0.15, -0.1) is 5.10 Å². The van der Waals surface area contributed by atoms with Crippen molar-refractivity contribution in [3.63, 3.8) is 0 Å². The molecule has 0 spiro atoms. The fourth-order valence-corrected chi connectivity index (χ4v) is 0.647. The van der Waals surface area contributed by atoms with Gasteiger partial charge in [-0.05, 0) is 12.1 Å². The van der Waals surface area contributed by atoms with Gasteiger partial charge in [0, 0.05) is 5.27 Å². The third-order valence-corrected chi connectivity index (χ3v) is 1.28. The molecule has 0 unspecified atom stereocenters. The van der Waals surface area contributed by atoms with E-state index in [1.807, 2.05) is 12.1 Å². The molecule has 0 bridgehead atoms. The van der Waals surface area contributed by atoms with Gasteiger partial charge in [-0.2, -0.15) is 0 Å². The molecular formula is C8H10N4O. The Morgan fingerprint density at radius 1 is 1.08 bits per heavy atom. The zero-order valence-corrected chi connectivity index (χ0v) is 6.92. The highest BCUT2D eigenvalue weighted by molar-refractivity contribution is 5.62. The van der Waals surface area contributed by atoms with Crippen LogP contribution < -0.4 is 11.5 Å². The highest BCUT2D eigenvalue weighted by Crippen LogP contribution is 2.10. The van der Waals surface area contributed by atoms with E-state index in [0.717, 1.165) is 0 Å². The van der Waals surface area contributed by atoms with Crippen molar-refractivity contribution in [2.24, 2.45) is 0 Å². The lowest BCUT2D eigenvalue weighted by atomic mass is 10.3. The summed E-state index contributed by atoms with van der Waals surface area (Å²) in [5, 5.41) is 6.40. The van der Waals surface area contributed by atoms with Crippen LogP contribution in [0.5, 0.6) is 0 Å². The summed E-state index contributed by atoms with van der Waals surface area (Å²) in [4.78, 5) is 0. The van der Waals surface area contributed by atoms with Crippen molar-refractivity contribution in [1.29, 1.82) is 0 Å². The Morgan fingerprint density at radius 3 is 1.92 bits per heavy atom. The topological polar surface area (TPSA) is 91.0 Å². The number of para-hydroxylation sites is 2. The van der Waals surface area contributed by atoms with Crippen molar-refractivity contribution in [2.45, 2.75) is 0 Å². The van der Waals surface area contributed by atoms with Crippen LogP contribution >= 0.6 is 0 Å². The first-order chi connectivity index (χ1) is 6.30. The lowest BCUT2D eigenvalue weighted by Gasteiger charge is -1.94. The van der Waals surface area contributed by atoms with E-state index in [1.165, 1.54) is 12.5 Å². The largest absolute Gasteiger partial charge is 0.397 e. The van der Waals surface area contributed by atoms with E-state index < -0.39 is 0 Å². The number of hydrogen-bond donors (Lipinski definition) is 2. The van der Waals surface area contributed by atoms with Crippen LogP contribution in [0, 0.1) is 0 Å². The van der Waals surface area contributed by atoms with E-state index >= 15 is 0 Å². The average Bonchev–Trinajstić information content (AvgIpc) is 2.68. The molecule has 5 heteroatoms. The van der Waals surface area contributed by atoms with E-state index in [1.54, 1.807) is 12.1 Å². The normalized spacial score (nSPS) is 8.62. The van der Waals surface area contributed by atoms with E-state index in [-0.39, 0.29) is 0 Å². The standard InChI is InChI=1S/C6H8N2.C2H2N2O/c7-5-3-1-2-4-6(5)8;1-2-5-4-3-1/h1-4H,7-8H2;1-2H. The van der Waals surface area contributed by atoms with Crippen LogP contribution in [0.15, 0.2) is 41.2 Å². The van der Waals surface area contributed by atoms with Gasteiger partial charge in [-0.25, -0.2) is 0 Å². The summed E-state index contributed by atoms with van der Waals surface area (Å²) < 4.78 is 4.22. The number of nitrogens with two attached hydrogens (primary N) is 2. The van der Waals surface area contributed by atoms with E-state index in [4.69, 9.17) is 11.5 Å². The molecule has 68 valence electrons. The molecule has 1 heterocycles. The number of nitrogens with zero attached hydrogens (tertiary/aromatic N) is 2. The summed E-state index contributed by atoms with van der Waals surface area (Å²) in [6.45, 7) is 0. The maximum absolute atomic E-state index is 5.39. The predicted molar refractivity (Wildman–Crippen MR) is 49.6 cm³/mol. The quantitative estimate of drug-likeness (QED) is 0.585. The first-order valence-corrected chi connectivity index (χ1v) is 3.61. The maximum Gasteiger partial charge on any atom is 0.144 e. The van der Waals surface area contributed by atoms with Crippen molar-refractivity contribution in [3.8, 4) is 0 Å². The van der Waals surface area contributed by atoms with Gasteiger partial charge in [0.25, 0.3) is 0 Å². The van der Waals surface area contributed by atoms with Crippen LogP contribution in [0.2, 0.25) is 0 Å². The van der Waals surface area contributed by atoms with E-state index in [0.29, 0.717) is 11.4 Å². The summed E-state index contributed by atoms with van der Waals surface area (Å²) in [5.74, 6) is 0. The Balaban J connectivity index is 0.000000145. The van der Waals surface area contributed by atoms with Gasteiger partial charge in [-0.3, -0.25) is 0 Å². The van der Waals surface area contributed by atoms with Gasteiger partial charge < -0.3 is 16.0 Å². The number of hydrogen-bond acceptors (Lipinski definition) is 5. The molecule has 0 saturated carbocycles. The predicted octanol–water partition coefficient (Wildman–Crippen LogP) is 0.921. The summed E-state index contributed by atoms with van der Waals surface area (Å²) in [7, 11) is 0. The lowest BCUT2D eigenvalue weighted by molar-refractivity contribution is 0.393. The number of benzene rings is 1. The highest BCUT2D eigenvalue weighted by Gasteiger charge is 1.85. The second-order valence-corrected chi connectivity index (χ2v) is 2.22. The Bertz CT molecular complexity index is 295. The highest BCUT2D eigenvalue weighted by atomic mass is 16.5. The molecule has 2 aromatic rings. The van der Waals surface area contributed by atoms with Crippen molar-refractivity contribution in [1.82, 2.24) is 10.4 Å². The zero-order valence-electron chi connectivity index (χ0n) is 6.92. The van der Waals surface area contributed by atoms with Crippen LogP contribution in [0.25, 0.3) is 0 Å². The lowest BCUT2D eigenvalue weighted by Crippen LogP contribution is -1.91. The Morgan fingerprint density at radius 2 is 1.69 bits per heavy atom. The SMILES string of the molecule is Nc1ccccc1N.c1conn1. The third kappa shape index (κ3) is 3.24. The summed E-state index contributed by atoms with van der Waals surface area (Å²) in [6, 6.07) is 7.25. The third-order valence-electron chi connectivity index (χ3n) is 1.28. The fourth-order valence-electron chi connectivity index (χ4n) is 0.647. The van der Waals surface area contributed by atoms with Crippen molar-refractivity contribution in [2.75, 3.05) is 11.5 Å². The van der Waals surface area contributed by atoms with Crippen molar-refractivity contribution < 1.29 is 4.52 Å². The minimum atomic E-state index is 0.646. The van der Waals surface area contributed by atoms with Gasteiger partial charge in [0.15, 0.2) is 0 Å². The first-order valence-electron chi connectivity index (χ1n) is 3.61. The monoisotopic (exact) mass is 178 g/mol. The van der Waals surface area contributed by atoms with Crippen molar-refractivity contribution in [3.05, 3.63) is 36.7 Å². The summed E-state index contributed by atoms with van der Waals surface area (Å²) in [5.41, 5.74) is 12.1. The molecule has 0 radical (unpaired) electrons. The maximum atomic E-state index is 5.39. The molecule has 1 aromatic carbocycles. The molecule has 0 aliphatic carbocycles. The fraction of sp³-hybridized carbons (Fsp3) is 0. The molecule has 1 aromatic heterocycles. The summed E-state index contributed by atoms with van der Waals surface area (Å²) in [6.07, 6.45) is 2.88. The average molecular weight is 178 g/mol. The number of aromatic nitrogens is 2. The van der Waals surface area contributed by atoms with Crippen LogP contribution in [0.3, 0.4) is 0 Å². The van der Waals surface area contributed by atoms with Gasteiger partial charge in [0.05, 0.1) is 17.6 Å². The number of nitrogen functional groups attached to an aromatic ring is 2. The molecule has 0 saturated heterocycles. The second-order valence-electron chi connectivity index (χ2n) is 2.22. The van der Waals surface area contributed by atoms with Gasteiger partial charge in [-0.1, -0.05) is 12.1 Å². The van der Waals surface area contributed by atoms with Crippen LogP contribution in [0.4, 0.5) is 11.4 Å². The zero-order chi connectivity index (χ0) is 9.52. The molecule has 0 aliphatic rings. The van der Waals surface area contributed by atoms with Gasteiger partial charge in [0.2, 0.25) is 0 Å². The first kappa shape index (κ1) is 9.05.